The molecule has 0 spiro atoms. The predicted molar refractivity (Wildman–Crippen MR) is 86.1 cm³/mol. The van der Waals surface area contributed by atoms with Crippen molar-refractivity contribution >= 4 is 11.9 Å². The molecule has 116 valence electrons. The lowest BCUT2D eigenvalue weighted by molar-refractivity contribution is 0.0697. The van der Waals surface area contributed by atoms with Crippen LogP contribution < -0.4 is 5.32 Å². The van der Waals surface area contributed by atoms with Gasteiger partial charge in [-0.25, -0.2) is 14.8 Å². The summed E-state index contributed by atoms with van der Waals surface area (Å²) in [6.45, 7) is 1.81. The standard InChI is InChI=1S/C16H20N4O2/c1-20(2)11-3-9-17-16-18-10-8-14(19-16)12-4-6-13(7-5-12)15(21)22/h4-8,10H,3,9,11H2,1-2H3,(H,21,22)(H,17,18,19). The number of carboxylic acids is 1. The Labute approximate surface area is 129 Å². The van der Waals surface area contributed by atoms with Crippen LogP contribution >= 0.6 is 0 Å². The molecule has 2 aromatic rings. The number of nitrogens with one attached hydrogen (secondary N) is 1. The molecule has 0 aliphatic heterocycles. The van der Waals surface area contributed by atoms with Gasteiger partial charge in [-0.2, -0.15) is 0 Å². The third-order valence-corrected chi connectivity index (χ3v) is 3.15. The number of benzene rings is 1. The van der Waals surface area contributed by atoms with Gasteiger partial charge in [-0.05, 0) is 45.3 Å². The van der Waals surface area contributed by atoms with Crippen molar-refractivity contribution in [2.75, 3.05) is 32.5 Å². The summed E-state index contributed by atoms with van der Waals surface area (Å²) in [5, 5.41) is 12.1. The molecule has 0 aliphatic rings. The Kier molecular flexibility index (Phi) is 5.43. The zero-order valence-corrected chi connectivity index (χ0v) is 12.8. The fraction of sp³-hybridized carbons (Fsp3) is 0.312. The number of nitrogens with zero attached hydrogens (tertiary/aromatic N) is 3. The molecule has 0 aliphatic carbocycles. The van der Waals surface area contributed by atoms with Gasteiger partial charge in [-0.3, -0.25) is 0 Å². The van der Waals surface area contributed by atoms with E-state index in [1.54, 1.807) is 36.5 Å². The average molecular weight is 300 g/mol. The summed E-state index contributed by atoms with van der Waals surface area (Å²) in [7, 11) is 4.08. The number of hydrogen-bond acceptors (Lipinski definition) is 5. The predicted octanol–water partition coefficient (Wildman–Crippen LogP) is 2.21. The number of carbonyl (C=O) groups is 1. The largest absolute Gasteiger partial charge is 0.478 e. The van der Waals surface area contributed by atoms with Gasteiger partial charge in [0.25, 0.3) is 0 Å². The van der Waals surface area contributed by atoms with Gasteiger partial charge in [-0.15, -0.1) is 0 Å². The maximum atomic E-state index is 10.9. The van der Waals surface area contributed by atoms with E-state index >= 15 is 0 Å². The monoisotopic (exact) mass is 300 g/mol. The quantitative estimate of drug-likeness (QED) is 0.763. The second kappa shape index (κ2) is 7.51. The van der Waals surface area contributed by atoms with Crippen molar-refractivity contribution in [2.45, 2.75) is 6.42 Å². The van der Waals surface area contributed by atoms with Crippen LogP contribution in [0.5, 0.6) is 0 Å². The summed E-state index contributed by atoms with van der Waals surface area (Å²) in [5.41, 5.74) is 1.89. The van der Waals surface area contributed by atoms with Crippen LogP contribution in [0.25, 0.3) is 11.3 Å². The summed E-state index contributed by atoms with van der Waals surface area (Å²) < 4.78 is 0. The average Bonchev–Trinajstić information content (AvgIpc) is 2.52. The van der Waals surface area contributed by atoms with Crippen LogP contribution in [0.4, 0.5) is 5.95 Å². The summed E-state index contributed by atoms with van der Waals surface area (Å²) in [4.78, 5) is 21.6. The summed E-state index contributed by atoms with van der Waals surface area (Å²) >= 11 is 0. The molecule has 2 rings (SSSR count). The van der Waals surface area contributed by atoms with E-state index in [1.165, 1.54) is 0 Å². The second-order valence-electron chi connectivity index (χ2n) is 5.23. The molecule has 0 atom stereocenters. The fourth-order valence-electron chi connectivity index (χ4n) is 1.98. The van der Waals surface area contributed by atoms with E-state index < -0.39 is 5.97 Å². The van der Waals surface area contributed by atoms with Gasteiger partial charge in [0.05, 0.1) is 11.3 Å². The van der Waals surface area contributed by atoms with Crippen molar-refractivity contribution in [3.8, 4) is 11.3 Å². The highest BCUT2D eigenvalue weighted by atomic mass is 16.4. The molecule has 0 bridgehead atoms. The van der Waals surface area contributed by atoms with Gasteiger partial charge in [0.15, 0.2) is 0 Å². The minimum atomic E-state index is -0.933. The molecule has 1 heterocycles. The highest BCUT2D eigenvalue weighted by Crippen LogP contribution is 2.18. The van der Waals surface area contributed by atoms with Gasteiger partial charge in [0.2, 0.25) is 5.95 Å². The van der Waals surface area contributed by atoms with Crippen molar-refractivity contribution in [3.05, 3.63) is 42.1 Å². The van der Waals surface area contributed by atoms with Gasteiger partial charge < -0.3 is 15.3 Å². The molecule has 6 nitrogen and oxygen atoms in total. The van der Waals surface area contributed by atoms with E-state index in [0.29, 0.717) is 5.95 Å². The highest BCUT2D eigenvalue weighted by molar-refractivity contribution is 5.88. The van der Waals surface area contributed by atoms with Gasteiger partial charge in [-0.1, -0.05) is 12.1 Å². The number of carboxylic acid groups (broad SMARTS) is 1. The maximum Gasteiger partial charge on any atom is 0.335 e. The van der Waals surface area contributed by atoms with E-state index in [2.05, 4.69) is 20.2 Å². The molecule has 0 radical (unpaired) electrons. The lowest BCUT2D eigenvalue weighted by atomic mass is 10.1. The lowest BCUT2D eigenvalue weighted by Gasteiger charge is -2.10. The molecule has 6 heteroatoms. The Morgan fingerprint density at radius 1 is 1.23 bits per heavy atom. The number of anilines is 1. The van der Waals surface area contributed by atoms with E-state index in [9.17, 15) is 4.79 Å². The molecule has 0 saturated heterocycles. The summed E-state index contributed by atoms with van der Waals surface area (Å²) in [6, 6.07) is 8.46. The summed E-state index contributed by atoms with van der Waals surface area (Å²) in [5.74, 6) is -0.351. The minimum Gasteiger partial charge on any atom is -0.478 e. The first-order valence-corrected chi connectivity index (χ1v) is 7.11. The highest BCUT2D eigenvalue weighted by Gasteiger charge is 2.05. The Bertz CT molecular complexity index is 626. The molecule has 0 unspecified atom stereocenters. The number of rotatable bonds is 7. The maximum absolute atomic E-state index is 10.9. The minimum absolute atomic E-state index is 0.264. The zero-order chi connectivity index (χ0) is 15.9. The van der Waals surface area contributed by atoms with Crippen LogP contribution in [0.3, 0.4) is 0 Å². The Morgan fingerprint density at radius 2 is 1.95 bits per heavy atom. The third-order valence-electron chi connectivity index (χ3n) is 3.15. The van der Waals surface area contributed by atoms with E-state index in [0.717, 1.165) is 30.8 Å². The molecule has 1 aromatic carbocycles. The first kappa shape index (κ1) is 15.9. The first-order valence-electron chi connectivity index (χ1n) is 7.11. The molecule has 0 fully saturated rings. The Balaban J connectivity index is 2.03. The molecule has 0 saturated carbocycles. The fourth-order valence-corrected chi connectivity index (χ4v) is 1.98. The third kappa shape index (κ3) is 4.53. The molecular formula is C16H20N4O2. The van der Waals surface area contributed by atoms with Gasteiger partial charge in [0, 0.05) is 18.3 Å². The van der Waals surface area contributed by atoms with E-state index in [4.69, 9.17) is 5.11 Å². The molecule has 22 heavy (non-hydrogen) atoms. The molecule has 2 N–H and O–H groups in total. The van der Waals surface area contributed by atoms with E-state index in [-0.39, 0.29) is 5.56 Å². The molecule has 0 amide bonds. The number of aromatic carboxylic acids is 1. The van der Waals surface area contributed by atoms with Crippen LogP contribution in [-0.2, 0) is 0 Å². The molecule has 1 aromatic heterocycles. The van der Waals surface area contributed by atoms with Crippen LogP contribution in [0.2, 0.25) is 0 Å². The van der Waals surface area contributed by atoms with Crippen molar-refractivity contribution in [2.24, 2.45) is 0 Å². The number of aromatic nitrogens is 2. The van der Waals surface area contributed by atoms with Crippen LogP contribution in [0.15, 0.2) is 36.5 Å². The summed E-state index contributed by atoms with van der Waals surface area (Å²) in [6.07, 6.45) is 2.70. The van der Waals surface area contributed by atoms with Gasteiger partial charge >= 0.3 is 5.97 Å². The lowest BCUT2D eigenvalue weighted by Crippen LogP contribution is -2.17. The SMILES string of the molecule is CN(C)CCCNc1nccc(-c2ccc(C(=O)O)cc2)n1. The Hall–Kier alpha value is -2.47. The van der Waals surface area contributed by atoms with Gasteiger partial charge in [0.1, 0.15) is 0 Å². The van der Waals surface area contributed by atoms with Crippen molar-refractivity contribution in [1.29, 1.82) is 0 Å². The van der Waals surface area contributed by atoms with E-state index in [1.807, 2.05) is 14.1 Å². The second-order valence-corrected chi connectivity index (χ2v) is 5.23. The van der Waals surface area contributed by atoms with Crippen LogP contribution in [-0.4, -0.2) is 53.1 Å². The van der Waals surface area contributed by atoms with Crippen molar-refractivity contribution in [3.63, 3.8) is 0 Å². The number of hydrogen-bond donors (Lipinski definition) is 2. The normalized spacial score (nSPS) is 10.7. The smallest absolute Gasteiger partial charge is 0.335 e. The van der Waals surface area contributed by atoms with Crippen LogP contribution in [0, 0.1) is 0 Å². The van der Waals surface area contributed by atoms with Crippen LogP contribution in [0.1, 0.15) is 16.8 Å². The zero-order valence-electron chi connectivity index (χ0n) is 12.8. The van der Waals surface area contributed by atoms with Crippen molar-refractivity contribution < 1.29 is 9.90 Å². The topological polar surface area (TPSA) is 78.4 Å². The Morgan fingerprint density at radius 3 is 2.59 bits per heavy atom. The molecular weight excluding hydrogens is 280 g/mol. The first-order chi connectivity index (χ1) is 10.6. The van der Waals surface area contributed by atoms with Crippen molar-refractivity contribution in [1.82, 2.24) is 14.9 Å².